The number of ether oxygens (including phenoxy) is 1. The van der Waals surface area contributed by atoms with Crippen LogP contribution in [-0.2, 0) is 12.8 Å². The first-order valence-corrected chi connectivity index (χ1v) is 10.5. The van der Waals surface area contributed by atoms with Crippen molar-refractivity contribution in [3.8, 4) is 11.6 Å². The Morgan fingerprint density at radius 1 is 1.03 bits per heavy atom. The number of pyridine rings is 1. The number of aliphatic hydroxyl groups excluding tert-OH is 1. The van der Waals surface area contributed by atoms with Crippen LogP contribution in [0.3, 0.4) is 0 Å². The second-order valence-electron chi connectivity index (χ2n) is 7.90. The average Bonchev–Trinajstić information content (AvgIpc) is 3.06. The fraction of sp³-hybridized carbons (Fsp3) is 0.409. The summed E-state index contributed by atoms with van der Waals surface area (Å²) in [6.45, 7) is 0. The standard InChI is InChI=1S/C22H23ClN4O2/c23-16-6-9-19-15(11-16)12-17(28)13-20-25-26-22(27(19)20)14-4-7-18(8-5-14)29-21-3-1-2-10-24-21/h1-3,6,9-11,14,17-18,28H,4-5,7-8,12-13H2/t14-,17?,18-. The van der Waals surface area contributed by atoms with Crippen LogP contribution in [0.5, 0.6) is 5.88 Å². The molecule has 2 aromatic heterocycles. The van der Waals surface area contributed by atoms with Gasteiger partial charge in [-0.3, -0.25) is 4.57 Å². The molecule has 3 aromatic rings. The summed E-state index contributed by atoms with van der Waals surface area (Å²) in [4.78, 5) is 4.27. The molecule has 150 valence electrons. The molecule has 0 amide bonds. The molecule has 5 rings (SSSR count). The Kier molecular flexibility index (Phi) is 4.97. The molecule has 0 bridgehead atoms. The number of hydrogen-bond donors (Lipinski definition) is 1. The summed E-state index contributed by atoms with van der Waals surface area (Å²) in [6.07, 6.45) is 6.42. The van der Waals surface area contributed by atoms with Gasteiger partial charge in [0.1, 0.15) is 17.8 Å². The summed E-state index contributed by atoms with van der Waals surface area (Å²) in [5, 5.41) is 20.1. The fourth-order valence-electron chi connectivity index (χ4n) is 4.49. The molecule has 1 N–H and O–H groups in total. The smallest absolute Gasteiger partial charge is 0.213 e. The van der Waals surface area contributed by atoms with Crippen LogP contribution in [0.2, 0.25) is 5.02 Å². The Labute approximate surface area is 174 Å². The summed E-state index contributed by atoms with van der Waals surface area (Å²) in [6, 6.07) is 11.6. The molecule has 1 atom stereocenters. The SMILES string of the molecule is OC1Cc2cc(Cl)ccc2-n2c(nnc2[C@H]2CC[C@H](Oc3ccccn3)CC2)C1. The summed E-state index contributed by atoms with van der Waals surface area (Å²) in [7, 11) is 0. The summed E-state index contributed by atoms with van der Waals surface area (Å²) >= 11 is 6.21. The lowest BCUT2D eigenvalue weighted by Crippen LogP contribution is -2.25. The highest BCUT2D eigenvalue weighted by Gasteiger charge is 2.31. The number of nitrogens with zero attached hydrogens (tertiary/aromatic N) is 4. The third-order valence-corrected chi connectivity index (χ3v) is 6.11. The van der Waals surface area contributed by atoms with E-state index in [-0.39, 0.29) is 6.10 Å². The molecule has 0 radical (unpaired) electrons. The van der Waals surface area contributed by atoms with E-state index in [0.717, 1.165) is 48.6 Å². The highest BCUT2D eigenvalue weighted by atomic mass is 35.5. The third kappa shape index (κ3) is 3.74. The van der Waals surface area contributed by atoms with Gasteiger partial charge < -0.3 is 9.84 Å². The maximum Gasteiger partial charge on any atom is 0.213 e. The molecule has 3 heterocycles. The summed E-state index contributed by atoms with van der Waals surface area (Å²) in [5.74, 6) is 2.81. The molecule has 7 heteroatoms. The van der Waals surface area contributed by atoms with E-state index in [1.54, 1.807) is 6.20 Å². The van der Waals surface area contributed by atoms with Crippen LogP contribution >= 0.6 is 11.6 Å². The first-order chi connectivity index (χ1) is 14.2. The van der Waals surface area contributed by atoms with Crippen molar-refractivity contribution in [3.63, 3.8) is 0 Å². The van der Waals surface area contributed by atoms with Crippen LogP contribution in [0.1, 0.15) is 48.8 Å². The number of halogens is 1. The summed E-state index contributed by atoms with van der Waals surface area (Å²) < 4.78 is 8.18. The van der Waals surface area contributed by atoms with E-state index in [1.807, 2.05) is 36.4 Å². The Morgan fingerprint density at radius 2 is 1.90 bits per heavy atom. The zero-order chi connectivity index (χ0) is 19.8. The van der Waals surface area contributed by atoms with E-state index in [0.29, 0.717) is 29.7 Å². The summed E-state index contributed by atoms with van der Waals surface area (Å²) in [5.41, 5.74) is 2.07. The Hall–Kier alpha value is -2.44. The van der Waals surface area contributed by atoms with Crippen molar-refractivity contribution in [3.05, 3.63) is 64.8 Å². The van der Waals surface area contributed by atoms with E-state index in [9.17, 15) is 5.11 Å². The molecule has 1 aliphatic carbocycles. The second-order valence-corrected chi connectivity index (χ2v) is 8.34. The van der Waals surface area contributed by atoms with E-state index in [2.05, 4.69) is 19.7 Å². The molecule has 1 aromatic carbocycles. The molecule has 29 heavy (non-hydrogen) atoms. The monoisotopic (exact) mass is 410 g/mol. The lowest BCUT2D eigenvalue weighted by atomic mass is 9.86. The van der Waals surface area contributed by atoms with Gasteiger partial charge in [-0.15, -0.1) is 10.2 Å². The molecule has 1 unspecified atom stereocenters. The van der Waals surface area contributed by atoms with Crippen molar-refractivity contribution < 1.29 is 9.84 Å². The quantitative estimate of drug-likeness (QED) is 0.709. The lowest BCUT2D eigenvalue weighted by Gasteiger charge is -2.28. The first kappa shape index (κ1) is 18.6. The van der Waals surface area contributed by atoms with Crippen molar-refractivity contribution in [2.24, 2.45) is 0 Å². The maximum absolute atomic E-state index is 10.4. The van der Waals surface area contributed by atoms with E-state index >= 15 is 0 Å². The zero-order valence-electron chi connectivity index (χ0n) is 16.0. The molecule has 0 saturated heterocycles. The van der Waals surface area contributed by atoms with Crippen LogP contribution in [-0.4, -0.2) is 37.1 Å². The van der Waals surface area contributed by atoms with Crippen LogP contribution in [0.15, 0.2) is 42.6 Å². The largest absolute Gasteiger partial charge is 0.474 e. The maximum atomic E-state index is 10.4. The number of hydrogen-bond acceptors (Lipinski definition) is 5. The molecule has 2 aliphatic rings. The van der Waals surface area contributed by atoms with Crippen LogP contribution in [0, 0.1) is 0 Å². The molecule has 1 fully saturated rings. The van der Waals surface area contributed by atoms with Crippen LogP contribution in [0.4, 0.5) is 0 Å². The van der Waals surface area contributed by atoms with E-state index in [1.165, 1.54) is 0 Å². The van der Waals surface area contributed by atoms with Gasteiger partial charge in [0.25, 0.3) is 0 Å². The molecular formula is C22H23ClN4O2. The Bertz CT molecular complexity index is 999. The van der Waals surface area contributed by atoms with Crippen molar-refractivity contribution in [1.82, 2.24) is 19.7 Å². The second kappa shape index (κ2) is 7.76. The van der Waals surface area contributed by atoms with Gasteiger partial charge >= 0.3 is 0 Å². The number of aliphatic hydroxyl groups is 1. The van der Waals surface area contributed by atoms with Gasteiger partial charge in [0.15, 0.2) is 0 Å². The lowest BCUT2D eigenvalue weighted by molar-refractivity contribution is 0.139. The molecule has 0 spiro atoms. The molecule has 6 nitrogen and oxygen atoms in total. The van der Waals surface area contributed by atoms with Crippen molar-refractivity contribution in [1.29, 1.82) is 0 Å². The van der Waals surface area contributed by atoms with Gasteiger partial charge in [0.05, 0.1) is 11.8 Å². The van der Waals surface area contributed by atoms with Gasteiger partial charge in [0, 0.05) is 36.0 Å². The fourth-order valence-corrected chi connectivity index (χ4v) is 4.68. The minimum Gasteiger partial charge on any atom is -0.474 e. The molecule has 1 aliphatic heterocycles. The van der Waals surface area contributed by atoms with Gasteiger partial charge in [-0.05, 0) is 55.5 Å². The normalized spacial score (nSPS) is 23.7. The predicted octanol–water partition coefficient (Wildman–Crippen LogP) is 3.88. The minimum atomic E-state index is -0.479. The van der Waals surface area contributed by atoms with E-state index in [4.69, 9.17) is 16.3 Å². The van der Waals surface area contributed by atoms with Gasteiger partial charge in [-0.25, -0.2) is 4.98 Å². The number of fused-ring (bicyclic) bond motifs is 3. The Morgan fingerprint density at radius 3 is 2.69 bits per heavy atom. The first-order valence-electron chi connectivity index (χ1n) is 10.2. The minimum absolute atomic E-state index is 0.181. The Balaban J connectivity index is 1.38. The third-order valence-electron chi connectivity index (χ3n) is 5.88. The van der Waals surface area contributed by atoms with E-state index < -0.39 is 6.10 Å². The number of aromatic nitrogens is 4. The number of benzene rings is 1. The van der Waals surface area contributed by atoms with Gasteiger partial charge in [-0.1, -0.05) is 17.7 Å². The zero-order valence-corrected chi connectivity index (χ0v) is 16.8. The highest BCUT2D eigenvalue weighted by Crippen LogP contribution is 2.36. The molecule has 1 saturated carbocycles. The van der Waals surface area contributed by atoms with Gasteiger partial charge in [-0.2, -0.15) is 0 Å². The highest BCUT2D eigenvalue weighted by molar-refractivity contribution is 6.30. The van der Waals surface area contributed by atoms with Gasteiger partial charge in [0.2, 0.25) is 5.88 Å². The average molecular weight is 411 g/mol. The number of rotatable bonds is 3. The predicted molar refractivity (Wildman–Crippen MR) is 110 cm³/mol. The van der Waals surface area contributed by atoms with Crippen LogP contribution < -0.4 is 4.74 Å². The molecular weight excluding hydrogens is 388 g/mol. The van der Waals surface area contributed by atoms with Crippen LogP contribution in [0.25, 0.3) is 5.69 Å². The topological polar surface area (TPSA) is 73.1 Å². The van der Waals surface area contributed by atoms with Crippen molar-refractivity contribution in [2.75, 3.05) is 0 Å². The van der Waals surface area contributed by atoms with Crippen molar-refractivity contribution in [2.45, 2.75) is 56.7 Å². The van der Waals surface area contributed by atoms with Crippen molar-refractivity contribution >= 4 is 11.6 Å².